The van der Waals surface area contributed by atoms with Gasteiger partial charge in [0.05, 0.1) is 4.90 Å². The van der Waals surface area contributed by atoms with Crippen molar-refractivity contribution in [2.75, 3.05) is 40.3 Å². The first kappa shape index (κ1) is 19.9. The number of guanidine groups is 1. The van der Waals surface area contributed by atoms with Gasteiger partial charge in [0.15, 0.2) is 5.96 Å². The standard InChI is InChI=1S/C19H29N5O2S/c1-20-19(22-17-8-4-5-9-17)21-15-16-7-3-6-10-18(16)27(25,26)24-13-11-23(2)12-14-24/h3-7,10,17H,8-9,11-15H2,1-2H3,(H2,20,21,22). The average Bonchev–Trinajstić information content (AvgIpc) is 3.19. The van der Waals surface area contributed by atoms with E-state index in [9.17, 15) is 8.42 Å². The number of rotatable bonds is 5. The van der Waals surface area contributed by atoms with E-state index in [1.807, 2.05) is 19.2 Å². The Hall–Kier alpha value is -1.90. The Bertz CT molecular complexity index is 790. The van der Waals surface area contributed by atoms with Gasteiger partial charge < -0.3 is 15.5 Å². The zero-order chi connectivity index (χ0) is 19.3. The summed E-state index contributed by atoms with van der Waals surface area (Å²) in [6.45, 7) is 2.97. The Kier molecular flexibility index (Phi) is 6.51. The summed E-state index contributed by atoms with van der Waals surface area (Å²) in [7, 11) is 0.244. The molecule has 1 aliphatic heterocycles. The molecule has 0 atom stereocenters. The molecule has 27 heavy (non-hydrogen) atoms. The van der Waals surface area contributed by atoms with Crippen molar-refractivity contribution in [1.82, 2.24) is 19.8 Å². The molecule has 0 bridgehead atoms. The highest BCUT2D eigenvalue weighted by Gasteiger charge is 2.29. The first-order valence-electron chi connectivity index (χ1n) is 9.39. The van der Waals surface area contributed by atoms with E-state index in [4.69, 9.17) is 0 Å². The molecule has 0 spiro atoms. The number of hydrogen-bond acceptors (Lipinski definition) is 4. The maximum atomic E-state index is 13.1. The van der Waals surface area contributed by atoms with Crippen LogP contribution in [0.25, 0.3) is 0 Å². The van der Waals surface area contributed by atoms with E-state index in [1.54, 1.807) is 23.5 Å². The summed E-state index contributed by atoms with van der Waals surface area (Å²) in [5.74, 6) is 0.690. The lowest BCUT2D eigenvalue weighted by Gasteiger charge is -2.32. The first-order chi connectivity index (χ1) is 13.0. The number of sulfonamides is 1. The Labute approximate surface area is 162 Å². The molecule has 8 heteroatoms. The van der Waals surface area contributed by atoms with Crippen LogP contribution < -0.4 is 10.6 Å². The fourth-order valence-electron chi connectivity index (χ4n) is 3.37. The minimum Gasteiger partial charge on any atom is -0.353 e. The van der Waals surface area contributed by atoms with Gasteiger partial charge >= 0.3 is 0 Å². The molecule has 2 N–H and O–H groups in total. The minimum absolute atomic E-state index is 0.348. The normalized spacial score (nSPS) is 20.1. The quantitative estimate of drug-likeness (QED) is 0.445. The van der Waals surface area contributed by atoms with Crippen LogP contribution >= 0.6 is 0 Å². The van der Waals surface area contributed by atoms with Crippen molar-refractivity contribution in [2.24, 2.45) is 4.99 Å². The number of nitrogens with one attached hydrogen (secondary N) is 2. The molecule has 2 aliphatic rings. The molecule has 7 nitrogen and oxygen atoms in total. The highest BCUT2D eigenvalue weighted by Crippen LogP contribution is 2.21. The molecule has 0 radical (unpaired) electrons. The lowest BCUT2D eigenvalue weighted by atomic mass is 10.2. The molecule has 1 heterocycles. The van der Waals surface area contributed by atoms with Crippen LogP contribution in [0.2, 0.25) is 0 Å². The largest absolute Gasteiger partial charge is 0.353 e. The van der Waals surface area contributed by atoms with Crippen LogP contribution in [0.1, 0.15) is 18.4 Å². The predicted octanol–water partition coefficient (Wildman–Crippen LogP) is 1.01. The molecule has 0 unspecified atom stereocenters. The van der Waals surface area contributed by atoms with Gasteiger partial charge in [-0.3, -0.25) is 4.99 Å². The summed E-state index contributed by atoms with van der Waals surface area (Å²) >= 11 is 0. The predicted molar refractivity (Wildman–Crippen MR) is 108 cm³/mol. The third kappa shape index (κ3) is 4.88. The van der Waals surface area contributed by atoms with Gasteiger partial charge in [-0.2, -0.15) is 4.31 Å². The summed E-state index contributed by atoms with van der Waals surface area (Å²) in [5.41, 5.74) is 0.754. The van der Waals surface area contributed by atoms with Crippen LogP contribution in [0.15, 0.2) is 46.3 Å². The SMILES string of the molecule is CN=C(NCc1ccccc1S(=O)(=O)N1CCN(C)CC1)NC1CC=CC1. The third-order valence-electron chi connectivity index (χ3n) is 5.07. The van der Waals surface area contributed by atoms with Crippen molar-refractivity contribution in [1.29, 1.82) is 0 Å². The average molecular weight is 392 g/mol. The maximum Gasteiger partial charge on any atom is 0.243 e. The fraction of sp³-hybridized carbons (Fsp3) is 0.526. The third-order valence-corrected chi connectivity index (χ3v) is 7.07. The Morgan fingerprint density at radius 1 is 1.15 bits per heavy atom. The van der Waals surface area contributed by atoms with Crippen LogP contribution in [-0.2, 0) is 16.6 Å². The molecular formula is C19H29N5O2S. The molecule has 0 amide bonds. The molecule has 3 rings (SSSR count). The Balaban J connectivity index is 1.69. The fourth-order valence-corrected chi connectivity index (χ4v) is 5.02. The Morgan fingerprint density at radius 3 is 2.48 bits per heavy atom. The molecule has 1 fully saturated rings. The van der Waals surface area contributed by atoms with E-state index in [2.05, 4.69) is 32.7 Å². The lowest BCUT2D eigenvalue weighted by Crippen LogP contribution is -2.47. The van der Waals surface area contributed by atoms with Crippen LogP contribution in [0.3, 0.4) is 0 Å². The number of benzene rings is 1. The summed E-state index contributed by atoms with van der Waals surface area (Å²) in [6, 6.07) is 7.56. The van der Waals surface area contributed by atoms with Gasteiger partial charge in [0.25, 0.3) is 0 Å². The second-order valence-corrected chi connectivity index (χ2v) is 8.93. The highest BCUT2D eigenvalue weighted by molar-refractivity contribution is 7.89. The second-order valence-electron chi connectivity index (χ2n) is 7.02. The van der Waals surface area contributed by atoms with Crippen molar-refractivity contribution >= 4 is 16.0 Å². The van der Waals surface area contributed by atoms with E-state index in [-0.39, 0.29) is 0 Å². The van der Waals surface area contributed by atoms with Crippen molar-refractivity contribution in [3.05, 3.63) is 42.0 Å². The van der Waals surface area contributed by atoms with Crippen LogP contribution in [0.4, 0.5) is 0 Å². The lowest BCUT2D eigenvalue weighted by molar-refractivity contribution is 0.222. The number of piperazine rings is 1. The van der Waals surface area contributed by atoms with Crippen molar-refractivity contribution < 1.29 is 8.42 Å². The topological polar surface area (TPSA) is 77.0 Å². The Morgan fingerprint density at radius 2 is 1.81 bits per heavy atom. The van der Waals surface area contributed by atoms with E-state index < -0.39 is 10.0 Å². The molecule has 1 aromatic carbocycles. The maximum absolute atomic E-state index is 13.1. The zero-order valence-corrected chi connectivity index (χ0v) is 16.9. The molecule has 1 saturated heterocycles. The summed E-state index contributed by atoms with van der Waals surface area (Å²) in [6.07, 6.45) is 6.27. The van der Waals surface area contributed by atoms with Gasteiger partial charge in [-0.05, 0) is 31.5 Å². The smallest absolute Gasteiger partial charge is 0.243 e. The first-order valence-corrected chi connectivity index (χ1v) is 10.8. The molecule has 1 aromatic rings. The van der Waals surface area contributed by atoms with Crippen molar-refractivity contribution in [3.8, 4) is 0 Å². The van der Waals surface area contributed by atoms with Crippen molar-refractivity contribution in [2.45, 2.75) is 30.3 Å². The van der Waals surface area contributed by atoms with E-state index in [1.165, 1.54) is 0 Å². The van der Waals surface area contributed by atoms with Crippen LogP contribution in [0, 0.1) is 0 Å². The monoisotopic (exact) mass is 391 g/mol. The summed E-state index contributed by atoms with van der Waals surface area (Å²) in [4.78, 5) is 6.78. The number of aliphatic imine (C=N–C) groups is 1. The van der Waals surface area contributed by atoms with Crippen LogP contribution in [0.5, 0.6) is 0 Å². The number of hydrogen-bond donors (Lipinski definition) is 2. The molecule has 148 valence electrons. The number of nitrogens with zero attached hydrogens (tertiary/aromatic N) is 3. The molecule has 1 aliphatic carbocycles. The van der Waals surface area contributed by atoms with Gasteiger partial charge in [-0.25, -0.2) is 8.42 Å². The van der Waals surface area contributed by atoms with Gasteiger partial charge in [-0.15, -0.1) is 0 Å². The van der Waals surface area contributed by atoms with E-state index >= 15 is 0 Å². The molecule has 0 aromatic heterocycles. The molecular weight excluding hydrogens is 362 g/mol. The highest BCUT2D eigenvalue weighted by atomic mass is 32.2. The minimum atomic E-state index is -3.50. The van der Waals surface area contributed by atoms with E-state index in [0.29, 0.717) is 36.5 Å². The summed E-state index contributed by atoms with van der Waals surface area (Å²) < 4.78 is 27.9. The van der Waals surface area contributed by atoms with E-state index in [0.717, 1.165) is 31.5 Å². The number of likely N-dealkylation sites (N-methyl/N-ethyl adjacent to an activating group) is 1. The van der Waals surface area contributed by atoms with Gasteiger partial charge in [0, 0.05) is 45.8 Å². The van der Waals surface area contributed by atoms with Crippen LogP contribution in [-0.4, -0.2) is 69.9 Å². The second kappa shape index (κ2) is 8.86. The summed E-state index contributed by atoms with van der Waals surface area (Å²) in [5, 5.41) is 6.63. The van der Waals surface area contributed by atoms with Gasteiger partial charge in [-0.1, -0.05) is 30.4 Å². The molecule has 0 saturated carbocycles. The zero-order valence-electron chi connectivity index (χ0n) is 16.1. The van der Waals surface area contributed by atoms with Gasteiger partial charge in [0.2, 0.25) is 10.0 Å². The van der Waals surface area contributed by atoms with Gasteiger partial charge in [0.1, 0.15) is 0 Å². The van der Waals surface area contributed by atoms with Crippen molar-refractivity contribution in [3.63, 3.8) is 0 Å².